The van der Waals surface area contributed by atoms with Crippen molar-refractivity contribution in [3.05, 3.63) is 88.8 Å². The van der Waals surface area contributed by atoms with E-state index in [1.807, 2.05) is 20.0 Å². The first-order valence-corrected chi connectivity index (χ1v) is 29.2. The number of unbranched alkanes of at least 4 members (excludes halogenated alkanes) is 2. The molecule has 5 heterocycles. The van der Waals surface area contributed by atoms with Gasteiger partial charge in [-0.2, -0.15) is 0 Å². The molecule has 5 aliphatic rings. The summed E-state index contributed by atoms with van der Waals surface area (Å²) in [7, 11) is 2.96. The summed E-state index contributed by atoms with van der Waals surface area (Å²) in [4.78, 5) is 127. The second kappa shape index (κ2) is 29.0. The number of ether oxygens (including phenoxy) is 6. The fourth-order valence-corrected chi connectivity index (χ4v) is 10.6. The van der Waals surface area contributed by atoms with Gasteiger partial charge in [0.05, 0.1) is 75.2 Å². The number of imide groups is 1. The Bertz CT molecular complexity index is 3220. The highest BCUT2D eigenvalue weighted by Gasteiger charge is 2.45. The molecular weight excluding hydrogens is 1130 g/mol. The third-order valence-electron chi connectivity index (χ3n) is 15.4. The van der Waals surface area contributed by atoms with Gasteiger partial charge in [-0.3, -0.25) is 48.2 Å². The van der Waals surface area contributed by atoms with Crippen molar-refractivity contribution >= 4 is 76.6 Å². The Hall–Kier alpha value is -8.84. The predicted octanol–water partition coefficient (Wildman–Crippen LogP) is 5.65. The van der Waals surface area contributed by atoms with Crippen LogP contribution >= 0.6 is 0 Å². The number of rotatable bonds is 27. The fourth-order valence-electron chi connectivity index (χ4n) is 10.6. The van der Waals surface area contributed by atoms with Gasteiger partial charge in [-0.25, -0.2) is 9.69 Å². The molecule has 3 aromatic carbocycles. The number of amides is 9. The van der Waals surface area contributed by atoms with Crippen LogP contribution in [0.4, 0.5) is 21.9 Å². The molecule has 9 amide bonds. The molecule has 0 radical (unpaired) electrons. The topological polar surface area (TPSA) is 303 Å². The minimum absolute atomic E-state index is 0.00355. The number of anilines is 2. The Labute approximate surface area is 504 Å². The molecule has 0 aliphatic carbocycles. The Morgan fingerprint density at radius 1 is 0.724 bits per heavy atom. The van der Waals surface area contributed by atoms with Crippen LogP contribution in [-0.2, 0) is 44.8 Å². The molecule has 1 unspecified atom stereocenters. The molecule has 0 aromatic heterocycles. The van der Waals surface area contributed by atoms with Crippen LogP contribution in [0, 0.1) is 11.8 Å². The number of nitrogens with zero attached hydrogens (tertiary/aromatic N) is 5. The number of benzene rings is 3. The Balaban J connectivity index is 0.794. The van der Waals surface area contributed by atoms with Gasteiger partial charge in [0, 0.05) is 74.7 Å². The number of aliphatic hydroxyl groups excluding tert-OH is 1. The zero-order valence-corrected chi connectivity index (χ0v) is 50.3. The van der Waals surface area contributed by atoms with E-state index in [-0.39, 0.29) is 123 Å². The highest BCUT2D eigenvalue weighted by atomic mass is 16.6. The quantitative estimate of drug-likeness (QED) is 0.0455. The van der Waals surface area contributed by atoms with Gasteiger partial charge in [0.1, 0.15) is 18.7 Å². The second-order valence-electron chi connectivity index (χ2n) is 22.5. The lowest BCUT2D eigenvalue weighted by Crippen LogP contribution is -2.53. The molecule has 1 saturated heterocycles. The summed E-state index contributed by atoms with van der Waals surface area (Å²) in [5, 5.41) is 22.7. The van der Waals surface area contributed by atoms with E-state index in [2.05, 4.69) is 26.3 Å². The van der Waals surface area contributed by atoms with Crippen LogP contribution in [0.3, 0.4) is 0 Å². The van der Waals surface area contributed by atoms with Crippen molar-refractivity contribution in [1.29, 1.82) is 0 Å². The molecule has 87 heavy (non-hydrogen) atoms. The third kappa shape index (κ3) is 15.6. The van der Waals surface area contributed by atoms with Crippen molar-refractivity contribution in [2.45, 2.75) is 130 Å². The number of aliphatic imine (C=N–C) groups is 1. The van der Waals surface area contributed by atoms with Gasteiger partial charge in [0.25, 0.3) is 11.8 Å². The van der Waals surface area contributed by atoms with Gasteiger partial charge in [-0.05, 0) is 88.6 Å². The van der Waals surface area contributed by atoms with E-state index >= 15 is 0 Å². The molecule has 6 atom stereocenters. The predicted molar refractivity (Wildman–Crippen MR) is 317 cm³/mol. The fraction of sp³-hybridized carbons (Fsp3) is 0.484. The first-order chi connectivity index (χ1) is 41.6. The van der Waals surface area contributed by atoms with E-state index < -0.39 is 54.1 Å². The molecule has 25 heteroatoms. The molecule has 466 valence electrons. The lowest BCUT2D eigenvalue weighted by molar-refractivity contribution is -0.139. The number of likely N-dealkylation sites (tertiary alicyclic amines) is 1. The number of carbonyl (C=O) groups is 9. The summed E-state index contributed by atoms with van der Waals surface area (Å²) >= 11 is 0. The van der Waals surface area contributed by atoms with E-state index in [0.29, 0.717) is 66.3 Å². The van der Waals surface area contributed by atoms with Crippen LogP contribution in [0.2, 0.25) is 0 Å². The number of aliphatic hydroxyl groups is 1. The van der Waals surface area contributed by atoms with Crippen LogP contribution in [0.15, 0.2) is 77.1 Å². The minimum atomic E-state index is -1.53. The summed E-state index contributed by atoms with van der Waals surface area (Å²) in [6, 6.07) is 9.82. The highest BCUT2D eigenvalue weighted by Crippen LogP contribution is 2.43. The van der Waals surface area contributed by atoms with Crippen LogP contribution in [-0.4, -0.2) is 164 Å². The molecule has 5 aliphatic heterocycles. The Morgan fingerprint density at radius 3 is 2.05 bits per heavy atom. The summed E-state index contributed by atoms with van der Waals surface area (Å²) in [6.07, 6.45) is 5.79. The number of nitrogens with one attached hydrogen (secondary N) is 4. The summed E-state index contributed by atoms with van der Waals surface area (Å²) < 4.78 is 34.9. The van der Waals surface area contributed by atoms with E-state index in [9.17, 15) is 48.3 Å². The van der Waals surface area contributed by atoms with Gasteiger partial charge in [-0.15, -0.1) is 0 Å². The van der Waals surface area contributed by atoms with Gasteiger partial charge in [0.2, 0.25) is 35.4 Å². The smallest absolute Gasteiger partial charge is 0.416 e. The maximum Gasteiger partial charge on any atom is 0.416 e. The maximum atomic E-state index is 14.2. The van der Waals surface area contributed by atoms with Gasteiger partial charge >= 0.3 is 6.09 Å². The summed E-state index contributed by atoms with van der Waals surface area (Å²) in [5.74, 6) is -2.51. The van der Waals surface area contributed by atoms with Crippen LogP contribution in [0.1, 0.15) is 119 Å². The van der Waals surface area contributed by atoms with Crippen LogP contribution < -0.4 is 45.1 Å². The number of hydrogen-bond donors (Lipinski definition) is 5. The lowest BCUT2D eigenvalue weighted by atomic mass is 10.0. The maximum absolute atomic E-state index is 14.2. The van der Waals surface area contributed by atoms with Crippen LogP contribution in [0.25, 0.3) is 0 Å². The Morgan fingerprint density at radius 2 is 1.38 bits per heavy atom. The molecule has 0 saturated carbocycles. The average molecular weight is 1200 g/mol. The lowest BCUT2D eigenvalue weighted by Gasteiger charge is -2.31. The number of fused-ring (bicyclic) bond motifs is 4. The zero-order chi connectivity index (χ0) is 62.6. The largest absolute Gasteiger partial charge is 0.493 e. The highest BCUT2D eigenvalue weighted by molar-refractivity contribution is 6.07. The van der Waals surface area contributed by atoms with Gasteiger partial charge in [0.15, 0.2) is 29.2 Å². The molecule has 8 rings (SSSR count). The first-order valence-electron chi connectivity index (χ1n) is 29.2. The first kappa shape index (κ1) is 64.2. The van der Waals surface area contributed by atoms with E-state index in [4.69, 9.17) is 28.4 Å². The average Bonchev–Trinajstić information content (AvgIpc) is 1.80. The summed E-state index contributed by atoms with van der Waals surface area (Å²) in [6.45, 7) is 11.0. The van der Waals surface area contributed by atoms with Gasteiger partial charge in [-0.1, -0.05) is 44.1 Å². The Kier molecular flexibility index (Phi) is 21.4. The van der Waals surface area contributed by atoms with Crippen molar-refractivity contribution < 1.29 is 76.7 Å². The van der Waals surface area contributed by atoms with Crippen LogP contribution in [0.5, 0.6) is 23.0 Å². The van der Waals surface area contributed by atoms with E-state index in [1.54, 1.807) is 74.5 Å². The summed E-state index contributed by atoms with van der Waals surface area (Å²) in [5.41, 5.74) is 3.89. The molecule has 0 spiro atoms. The second-order valence-corrected chi connectivity index (χ2v) is 22.5. The number of hydrogen-bond acceptors (Lipinski definition) is 17. The van der Waals surface area contributed by atoms with Crippen molar-refractivity contribution in [1.82, 2.24) is 30.7 Å². The van der Waals surface area contributed by atoms with Crippen molar-refractivity contribution in [2.24, 2.45) is 16.8 Å². The minimum Gasteiger partial charge on any atom is -0.493 e. The zero-order valence-electron chi connectivity index (χ0n) is 50.3. The van der Waals surface area contributed by atoms with Gasteiger partial charge < -0.3 is 64.6 Å². The van der Waals surface area contributed by atoms with E-state index in [0.717, 1.165) is 27.4 Å². The molecule has 0 bridgehead atoms. The van der Waals surface area contributed by atoms with Crippen molar-refractivity contribution in [3.63, 3.8) is 0 Å². The number of methoxy groups -OCH3 is 2. The van der Waals surface area contributed by atoms with E-state index in [1.165, 1.54) is 38.2 Å². The normalized spacial score (nSPS) is 19.2. The van der Waals surface area contributed by atoms with Crippen molar-refractivity contribution in [3.8, 4) is 23.0 Å². The molecule has 25 nitrogen and oxygen atoms in total. The molecule has 1 fully saturated rings. The molecule has 5 N–H and O–H groups in total. The SMILES string of the molecule is COc1cc2c(cc1OCCCCCOc1cc3c(cc1OC)C(=O)N1C=C(C)C[C@H]1[C@H](O)N3C(=O)OCc1ccc(NC(=O)[C@H](C)NC(=O)[C@@H](NC(=O)CCOCCNC(=O)CCN3C(=O)CC(C)C3=O)C(C)C)cc1)N=C[C@@H]1CC(C)=CN1C2=O. The number of carbonyl (C=O) groups excluding carboxylic acids is 9. The third-order valence-corrected chi connectivity index (χ3v) is 15.4. The molecule has 3 aromatic rings. The molecular formula is C62H77N9O16. The van der Waals surface area contributed by atoms with Crippen molar-refractivity contribution in [2.75, 3.05) is 64.0 Å². The standard InChI is InChI=1S/C62H77N9O16/c1-35(2)55(67-53(73)17-22-84-23-18-63-52(72)16-19-68-54(74)26-38(5)58(68)77)57(76)65-39(6)56(75)66-41-14-12-40(13-15-41)34-87-62(81)71-46-30-51(49(83-8)28-44(46)60(79)70-33-37(4)25-47(70)61(71)80)86-21-11-9-10-20-85-50-29-45-43(27-48(50)82-7)59(78)69-32-36(3)24-42(69)31-64-45/h12-15,27-33,35,38-39,42,47,55,61,80H,9-11,16-26,34H2,1-8H3,(H,63,72)(H,65,76)(H,66,75)(H,67,73)/t38?,39-,42-,47-,55-,61-/m0/s1. The monoisotopic (exact) mass is 1200 g/mol.